The topological polar surface area (TPSA) is 67.3 Å². The quantitative estimate of drug-likeness (QED) is 0.776. The molecule has 1 aromatic heterocycles. The molecule has 0 saturated carbocycles. The zero-order chi connectivity index (χ0) is 13.3. The Morgan fingerprint density at radius 1 is 1.16 bits per heavy atom. The SMILES string of the molecule is OC(CNCc1cccnn1)COc1ccccc1. The van der Waals surface area contributed by atoms with Crippen LogP contribution in [0.3, 0.4) is 0 Å². The second kappa shape index (κ2) is 7.45. The predicted molar refractivity (Wildman–Crippen MR) is 71.7 cm³/mol. The standard InChI is InChI=1S/C14H17N3O2/c18-13(11-19-14-6-2-1-3-7-14)10-15-9-12-5-4-8-16-17-12/h1-8,13,15,18H,9-11H2. The van der Waals surface area contributed by atoms with Crippen LogP contribution in [0, 0.1) is 0 Å². The van der Waals surface area contributed by atoms with Gasteiger partial charge in [0.2, 0.25) is 0 Å². The van der Waals surface area contributed by atoms with Crippen molar-refractivity contribution in [2.75, 3.05) is 13.2 Å². The van der Waals surface area contributed by atoms with Crippen LogP contribution in [-0.4, -0.2) is 34.6 Å². The van der Waals surface area contributed by atoms with Crippen LogP contribution in [-0.2, 0) is 6.54 Å². The van der Waals surface area contributed by atoms with E-state index in [1.165, 1.54) is 0 Å². The van der Waals surface area contributed by atoms with Crippen molar-refractivity contribution in [1.82, 2.24) is 15.5 Å². The second-order valence-corrected chi connectivity index (χ2v) is 4.12. The number of para-hydroxylation sites is 1. The Morgan fingerprint density at radius 2 is 2.00 bits per heavy atom. The summed E-state index contributed by atoms with van der Waals surface area (Å²) in [7, 11) is 0. The van der Waals surface area contributed by atoms with Crippen LogP contribution in [0.15, 0.2) is 48.7 Å². The van der Waals surface area contributed by atoms with E-state index in [0.29, 0.717) is 13.1 Å². The first-order valence-corrected chi connectivity index (χ1v) is 6.18. The maximum Gasteiger partial charge on any atom is 0.119 e. The molecule has 1 unspecified atom stereocenters. The number of aliphatic hydroxyl groups is 1. The van der Waals surface area contributed by atoms with Crippen LogP contribution < -0.4 is 10.1 Å². The van der Waals surface area contributed by atoms with Gasteiger partial charge in [0.25, 0.3) is 0 Å². The molecule has 0 aliphatic carbocycles. The molecule has 0 bridgehead atoms. The number of aliphatic hydroxyl groups excluding tert-OH is 1. The molecule has 0 radical (unpaired) electrons. The number of rotatable bonds is 7. The van der Waals surface area contributed by atoms with Crippen molar-refractivity contribution in [2.24, 2.45) is 0 Å². The lowest BCUT2D eigenvalue weighted by molar-refractivity contribution is 0.106. The van der Waals surface area contributed by atoms with Gasteiger partial charge in [-0.2, -0.15) is 10.2 Å². The van der Waals surface area contributed by atoms with Gasteiger partial charge in [-0.3, -0.25) is 0 Å². The number of nitrogens with zero attached hydrogens (tertiary/aromatic N) is 2. The van der Waals surface area contributed by atoms with Crippen LogP contribution in [0.5, 0.6) is 5.75 Å². The summed E-state index contributed by atoms with van der Waals surface area (Å²) in [6.07, 6.45) is 1.07. The molecule has 19 heavy (non-hydrogen) atoms. The maximum absolute atomic E-state index is 9.76. The van der Waals surface area contributed by atoms with E-state index in [1.807, 2.05) is 42.5 Å². The molecule has 0 fully saturated rings. The van der Waals surface area contributed by atoms with Crippen LogP contribution in [0.2, 0.25) is 0 Å². The fourth-order valence-electron chi connectivity index (χ4n) is 1.56. The maximum atomic E-state index is 9.76. The van der Waals surface area contributed by atoms with E-state index in [0.717, 1.165) is 11.4 Å². The van der Waals surface area contributed by atoms with E-state index in [4.69, 9.17) is 4.74 Å². The number of aromatic nitrogens is 2. The molecule has 0 spiro atoms. The van der Waals surface area contributed by atoms with Crippen LogP contribution in [0.25, 0.3) is 0 Å². The van der Waals surface area contributed by atoms with Gasteiger partial charge < -0.3 is 15.2 Å². The van der Waals surface area contributed by atoms with Gasteiger partial charge in [0, 0.05) is 19.3 Å². The van der Waals surface area contributed by atoms with Gasteiger partial charge in [0.15, 0.2) is 0 Å². The molecule has 1 atom stereocenters. The van der Waals surface area contributed by atoms with Gasteiger partial charge in [-0.15, -0.1) is 0 Å². The molecule has 2 N–H and O–H groups in total. The van der Waals surface area contributed by atoms with Gasteiger partial charge in [0.1, 0.15) is 18.5 Å². The monoisotopic (exact) mass is 259 g/mol. The number of hydrogen-bond acceptors (Lipinski definition) is 5. The molecule has 100 valence electrons. The molecule has 0 aliphatic rings. The molecule has 2 aromatic rings. The van der Waals surface area contributed by atoms with Crippen molar-refractivity contribution < 1.29 is 9.84 Å². The first-order chi connectivity index (χ1) is 9.34. The van der Waals surface area contributed by atoms with Crippen molar-refractivity contribution in [3.63, 3.8) is 0 Å². The Kier molecular flexibility index (Phi) is 5.28. The van der Waals surface area contributed by atoms with E-state index in [1.54, 1.807) is 6.20 Å². The van der Waals surface area contributed by atoms with Gasteiger partial charge in [-0.1, -0.05) is 18.2 Å². The Labute approximate surface area is 112 Å². The van der Waals surface area contributed by atoms with Gasteiger partial charge >= 0.3 is 0 Å². The first kappa shape index (κ1) is 13.5. The van der Waals surface area contributed by atoms with Crippen molar-refractivity contribution in [3.05, 3.63) is 54.4 Å². The Bertz CT molecular complexity index is 465. The van der Waals surface area contributed by atoms with E-state index in [9.17, 15) is 5.11 Å². The minimum atomic E-state index is -0.558. The van der Waals surface area contributed by atoms with E-state index in [2.05, 4.69) is 15.5 Å². The molecule has 1 aromatic carbocycles. The highest BCUT2D eigenvalue weighted by Crippen LogP contribution is 2.08. The summed E-state index contributed by atoms with van der Waals surface area (Å²) in [5, 5.41) is 20.6. The second-order valence-electron chi connectivity index (χ2n) is 4.12. The lowest BCUT2D eigenvalue weighted by Gasteiger charge is -2.12. The smallest absolute Gasteiger partial charge is 0.119 e. The molecular formula is C14H17N3O2. The zero-order valence-corrected chi connectivity index (χ0v) is 10.6. The van der Waals surface area contributed by atoms with Crippen LogP contribution in [0.1, 0.15) is 5.69 Å². The van der Waals surface area contributed by atoms with Crippen molar-refractivity contribution in [2.45, 2.75) is 12.6 Å². The van der Waals surface area contributed by atoms with Crippen LogP contribution in [0.4, 0.5) is 0 Å². The molecule has 5 heteroatoms. The Hall–Kier alpha value is -1.98. The highest BCUT2D eigenvalue weighted by molar-refractivity contribution is 5.20. The fraction of sp³-hybridized carbons (Fsp3) is 0.286. The average molecular weight is 259 g/mol. The third-order valence-corrected chi connectivity index (χ3v) is 2.50. The van der Waals surface area contributed by atoms with E-state index < -0.39 is 6.10 Å². The lowest BCUT2D eigenvalue weighted by Crippen LogP contribution is -2.31. The first-order valence-electron chi connectivity index (χ1n) is 6.18. The van der Waals surface area contributed by atoms with Gasteiger partial charge in [-0.25, -0.2) is 0 Å². The summed E-state index contributed by atoms with van der Waals surface area (Å²) in [6, 6.07) is 13.2. The normalized spacial score (nSPS) is 12.1. The summed E-state index contributed by atoms with van der Waals surface area (Å²) < 4.78 is 5.45. The van der Waals surface area contributed by atoms with Crippen LogP contribution >= 0.6 is 0 Å². The number of nitrogens with one attached hydrogen (secondary N) is 1. The number of benzene rings is 1. The third-order valence-electron chi connectivity index (χ3n) is 2.50. The summed E-state index contributed by atoms with van der Waals surface area (Å²) >= 11 is 0. The highest BCUT2D eigenvalue weighted by Gasteiger charge is 2.05. The summed E-state index contributed by atoms with van der Waals surface area (Å²) in [5.41, 5.74) is 0.846. The fourth-order valence-corrected chi connectivity index (χ4v) is 1.56. The van der Waals surface area contributed by atoms with Gasteiger partial charge in [0.05, 0.1) is 5.69 Å². The molecular weight excluding hydrogens is 242 g/mol. The van der Waals surface area contributed by atoms with Gasteiger partial charge in [-0.05, 0) is 24.3 Å². The minimum absolute atomic E-state index is 0.261. The molecule has 1 heterocycles. The van der Waals surface area contributed by atoms with Crippen molar-refractivity contribution in [1.29, 1.82) is 0 Å². The Morgan fingerprint density at radius 3 is 2.74 bits per heavy atom. The largest absolute Gasteiger partial charge is 0.491 e. The molecule has 0 saturated heterocycles. The lowest BCUT2D eigenvalue weighted by atomic mass is 10.3. The molecule has 5 nitrogen and oxygen atoms in total. The molecule has 0 amide bonds. The summed E-state index contributed by atoms with van der Waals surface area (Å²) in [6.45, 7) is 1.29. The average Bonchev–Trinajstić information content (AvgIpc) is 2.47. The number of ether oxygens (including phenoxy) is 1. The summed E-state index contributed by atoms with van der Waals surface area (Å²) in [4.78, 5) is 0. The van der Waals surface area contributed by atoms with Crippen molar-refractivity contribution >= 4 is 0 Å². The molecule has 0 aliphatic heterocycles. The third kappa shape index (κ3) is 5.03. The highest BCUT2D eigenvalue weighted by atomic mass is 16.5. The Balaban J connectivity index is 1.64. The minimum Gasteiger partial charge on any atom is -0.491 e. The van der Waals surface area contributed by atoms with Crippen molar-refractivity contribution in [3.8, 4) is 5.75 Å². The van der Waals surface area contributed by atoms with E-state index in [-0.39, 0.29) is 6.61 Å². The zero-order valence-electron chi connectivity index (χ0n) is 10.6. The molecule has 2 rings (SSSR count). The predicted octanol–water partition coefficient (Wildman–Crippen LogP) is 1.01. The van der Waals surface area contributed by atoms with E-state index >= 15 is 0 Å². The number of hydrogen-bond donors (Lipinski definition) is 2. The summed E-state index contributed by atoms with van der Waals surface area (Å²) in [5.74, 6) is 0.760.